The average molecular weight is 839 g/mol. The summed E-state index contributed by atoms with van der Waals surface area (Å²) >= 11 is 6.17. The van der Waals surface area contributed by atoms with Gasteiger partial charge in [0.15, 0.2) is 5.75 Å². The van der Waals surface area contributed by atoms with Gasteiger partial charge in [0.1, 0.15) is 16.3 Å². The molecule has 5 aromatic rings. The molecular weight excluding hydrogens is 792 g/mol. The molecule has 0 radical (unpaired) electrons. The molecule has 2 aliphatic heterocycles. The van der Waals surface area contributed by atoms with E-state index in [1.165, 1.54) is 18.2 Å². The highest BCUT2D eigenvalue weighted by molar-refractivity contribution is 7.91. The molecule has 0 unspecified atom stereocenters. The summed E-state index contributed by atoms with van der Waals surface area (Å²) in [6.07, 6.45) is 1.63. The maximum absolute atomic E-state index is 15.1. The number of amides is 1. The number of sulfone groups is 1. The number of nitrogens with one attached hydrogen (secondary N) is 1. The van der Waals surface area contributed by atoms with E-state index in [0.717, 1.165) is 41.3 Å². The first-order chi connectivity index (χ1) is 28.4. The van der Waals surface area contributed by atoms with E-state index < -0.39 is 20.7 Å². The van der Waals surface area contributed by atoms with Crippen molar-refractivity contribution in [3.8, 4) is 22.6 Å². The molecular formula is C44H47ClN6O7S. The molecule has 15 heteroatoms. The molecule has 0 saturated carbocycles. The first kappa shape index (κ1) is 41.5. The van der Waals surface area contributed by atoms with Crippen molar-refractivity contribution in [1.82, 2.24) is 4.90 Å². The molecule has 0 atom stereocenters. The predicted octanol–water partition coefficient (Wildman–Crippen LogP) is 7.87. The molecule has 308 valence electrons. The van der Waals surface area contributed by atoms with Gasteiger partial charge >= 0.3 is 0 Å². The standard InChI is InChI=1S/C44H47ClN6O7S/c1-48(2)34-7-5-8-35(26-34)58-42-38(44(46)52)15-17-40(50-22-20-49(21-23-50)29-32-6-3-4-9-37(32)31-10-12-33(45)13-11-31)43(42)59(55,56)36-14-16-39(41(27-36)51(53)54)47-28-30-18-24-57-25-19-30/h3-17,26-27,30,47H,18-25,28-29H2,1-2H3,(H2,46,52). The quantitative estimate of drug-likeness (QED) is 0.0828. The van der Waals surface area contributed by atoms with Crippen LogP contribution in [0.15, 0.2) is 113 Å². The number of anilines is 3. The van der Waals surface area contributed by atoms with E-state index in [4.69, 9.17) is 26.8 Å². The minimum Gasteiger partial charge on any atom is -0.455 e. The number of primary amides is 1. The number of nitro groups is 1. The number of carbonyl (C=O) groups excluding carboxylic acids is 1. The number of ether oxygens (including phenoxy) is 2. The van der Waals surface area contributed by atoms with Gasteiger partial charge in [0.25, 0.3) is 11.6 Å². The van der Waals surface area contributed by atoms with Gasteiger partial charge in [-0.15, -0.1) is 0 Å². The fraction of sp³-hybridized carbons (Fsp3) is 0.295. The first-order valence-electron chi connectivity index (χ1n) is 19.5. The van der Waals surface area contributed by atoms with Crippen molar-refractivity contribution in [3.05, 3.63) is 129 Å². The van der Waals surface area contributed by atoms with Gasteiger partial charge in [-0.3, -0.25) is 19.8 Å². The van der Waals surface area contributed by atoms with Gasteiger partial charge in [-0.2, -0.15) is 0 Å². The highest BCUT2D eigenvalue weighted by Gasteiger charge is 2.35. The second-order valence-corrected chi connectivity index (χ2v) is 17.3. The molecule has 0 spiro atoms. The Bertz CT molecular complexity index is 2430. The van der Waals surface area contributed by atoms with E-state index in [-0.39, 0.29) is 44.1 Å². The third-order valence-electron chi connectivity index (χ3n) is 10.9. The molecule has 2 saturated heterocycles. The highest BCUT2D eigenvalue weighted by Crippen LogP contribution is 2.44. The number of nitrogens with zero attached hydrogens (tertiary/aromatic N) is 4. The number of piperazine rings is 1. The Morgan fingerprint density at radius 3 is 2.37 bits per heavy atom. The van der Waals surface area contributed by atoms with Crippen molar-refractivity contribution in [3.63, 3.8) is 0 Å². The number of hydrogen-bond donors (Lipinski definition) is 2. The molecule has 3 N–H and O–H groups in total. The van der Waals surface area contributed by atoms with E-state index in [2.05, 4.69) is 22.3 Å². The van der Waals surface area contributed by atoms with E-state index >= 15 is 8.42 Å². The summed E-state index contributed by atoms with van der Waals surface area (Å²) in [6, 6.07) is 29.8. The second-order valence-electron chi connectivity index (χ2n) is 15.0. The van der Waals surface area contributed by atoms with Gasteiger partial charge in [0.05, 0.1) is 21.1 Å². The molecule has 1 amide bonds. The Morgan fingerprint density at radius 2 is 1.68 bits per heavy atom. The topological polar surface area (TPSA) is 161 Å². The predicted molar refractivity (Wildman–Crippen MR) is 231 cm³/mol. The molecule has 2 aliphatic rings. The lowest BCUT2D eigenvalue weighted by Gasteiger charge is -2.37. The van der Waals surface area contributed by atoms with Crippen molar-refractivity contribution >= 4 is 50.1 Å². The molecule has 13 nitrogen and oxygen atoms in total. The minimum absolute atomic E-state index is 0.149. The van der Waals surface area contributed by atoms with Gasteiger partial charge in [-0.05, 0) is 84.0 Å². The lowest BCUT2D eigenvalue weighted by Crippen LogP contribution is -2.46. The third-order valence-corrected chi connectivity index (χ3v) is 12.9. The van der Waals surface area contributed by atoms with E-state index in [1.807, 2.05) is 66.4 Å². The van der Waals surface area contributed by atoms with Crippen LogP contribution in [0, 0.1) is 16.0 Å². The van der Waals surface area contributed by atoms with Crippen molar-refractivity contribution in [2.45, 2.75) is 29.2 Å². The smallest absolute Gasteiger partial charge is 0.293 e. The lowest BCUT2D eigenvalue weighted by atomic mass is 9.99. The van der Waals surface area contributed by atoms with Crippen LogP contribution in [0.4, 0.5) is 22.7 Å². The summed E-state index contributed by atoms with van der Waals surface area (Å²) in [4.78, 5) is 30.4. The van der Waals surface area contributed by atoms with Crippen molar-refractivity contribution in [1.29, 1.82) is 0 Å². The fourth-order valence-electron chi connectivity index (χ4n) is 7.56. The molecule has 5 aromatic carbocycles. The molecule has 7 rings (SSSR count). The molecule has 2 fully saturated rings. The Balaban J connectivity index is 1.25. The largest absolute Gasteiger partial charge is 0.455 e. The van der Waals surface area contributed by atoms with Crippen LogP contribution >= 0.6 is 11.6 Å². The maximum atomic E-state index is 15.1. The zero-order chi connectivity index (χ0) is 41.7. The fourth-order valence-corrected chi connectivity index (χ4v) is 9.30. The lowest BCUT2D eigenvalue weighted by molar-refractivity contribution is -0.384. The van der Waals surface area contributed by atoms with Crippen molar-refractivity contribution in [2.24, 2.45) is 11.7 Å². The molecule has 2 heterocycles. The van der Waals surface area contributed by atoms with E-state index in [1.54, 1.807) is 24.3 Å². The maximum Gasteiger partial charge on any atom is 0.293 e. The average Bonchev–Trinajstić information content (AvgIpc) is 3.23. The van der Waals surface area contributed by atoms with Crippen LogP contribution in [-0.4, -0.2) is 84.2 Å². The molecule has 0 bridgehead atoms. The Hall–Kier alpha value is -5.67. The summed E-state index contributed by atoms with van der Waals surface area (Å²) in [7, 11) is -0.905. The zero-order valence-electron chi connectivity index (χ0n) is 33.0. The molecule has 0 aromatic heterocycles. The van der Waals surface area contributed by atoms with Crippen LogP contribution in [0.2, 0.25) is 5.02 Å². The SMILES string of the molecule is CN(C)c1cccc(Oc2c(C(N)=O)ccc(N3CCN(Cc4ccccc4-c4ccc(Cl)cc4)CC3)c2S(=O)(=O)c2ccc(NCC3CCOCC3)c([N+](=O)[O-])c2)c1. The number of benzene rings is 5. The van der Waals surface area contributed by atoms with Crippen LogP contribution in [0.5, 0.6) is 11.5 Å². The van der Waals surface area contributed by atoms with Crippen molar-refractivity contribution in [2.75, 3.05) is 75.1 Å². The third kappa shape index (κ3) is 9.47. The van der Waals surface area contributed by atoms with E-state index in [0.29, 0.717) is 63.2 Å². The highest BCUT2D eigenvalue weighted by atomic mass is 35.5. The van der Waals surface area contributed by atoms with Gasteiger partial charge in [-0.1, -0.05) is 54.1 Å². The number of rotatable bonds is 14. The van der Waals surface area contributed by atoms with Crippen LogP contribution in [0.3, 0.4) is 0 Å². The summed E-state index contributed by atoms with van der Waals surface area (Å²) in [5.74, 6) is -0.616. The monoisotopic (exact) mass is 838 g/mol. The summed E-state index contributed by atoms with van der Waals surface area (Å²) in [6.45, 7) is 4.43. The molecule has 0 aliphatic carbocycles. The number of nitro benzene ring substituents is 1. The van der Waals surface area contributed by atoms with Crippen LogP contribution in [-0.2, 0) is 21.1 Å². The Morgan fingerprint density at radius 1 is 0.949 bits per heavy atom. The summed E-state index contributed by atoms with van der Waals surface area (Å²) in [5.41, 5.74) is 9.93. The van der Waals surface area contributed by atoms with Gasteiger partial charge < -0.3 is 30.3 Å². The number of hydrogen-bond acceptors (Lipinski definition) is 11. The minimum atomic E-state index is -4.62. The number of carbonyl (C=O) groups is 1. The first-order valence-corrected chi connectivity index (χ1v) is 21.3. The Labute approximate surface area is 349 Å². The van der Waals surface area contributed by atoms with Gasteiger partial charge in [0, 0.05) is 89.4 Å². The van der Waals surface area contributed by atoms with E-state index in [9.17, 15) is 14.9 Å². The Kier molecular flexibility index (Phi) is 12.7. The summed E-state index contributed by atoms with van der Waals surface area (Å²) < 4.78 is 42.1. The van der Waals surface area contributed by atoms with Gasteiger partial charge in [-0.25, -0.2) is 8.42 Å². The zero-order valence-corrected chi connectivity index (χ0v) is 34.5. The summed E-state index contributed by atoms with van der Waals surface area (Å²) in [5, 5.41) is 16.3. The number of nitrogens with two attached hydrogens (primary N) is 1. The van der Waals surface area contributed by atoms with Crippen molar-refractivity contribution < 1.29 is 27.6 Å². The van der Waals surface area contributed by atoms with Crippen LogP contribution in [0.1, 0.15) is 28.8 Å². The van der Waals surface area contributed by atoms with Crippen LogP contribution < -0.4 is 25.6 Å². The normalized spacial score (nSPS) is 15.1. The second kappa shape index (κ2) is 18.1. The number of halogens is 1. The molecule has 59 heavy (non-hydrogen) atoms. The van der Waals surface area contributed by atoms with Crippen LogP contribution in [0.25, 0.3) is 11.1 Å². The van der Waals surface area contributed by atoms with Gasteiger partial charge in [0.2, 0.25) is 9.84 Å².